The number of hydrogen-bond donors (Lipinski definition) is 1. The molecule has 0 radical (unpaired) electrons. The summed E-state index contributed by atoms with van der Waals surface area (Å²) < 4.78 is 5.09. The first-order chi connectivity index (χ1) is 8.74. The smallest absolute Gasteiger partial charge is 0.114 e. The molecule has 0 aliphatic heterocycles. The molecule has 0 spiro atoms. The minimum absolute atomic E-state index is 0.633. The van der Waals surface area contributed by atoms with Crippen LogP contribution in [0.15, 0.2) is 24.3 Å². The average molecular weight is 262 g/mol. The van der Waals surface area contributed by atoms with Gasteiger partial charge in [0.15, 0.2) is 0 Å². The molecule has 2 N–H and O–H groups in total. The summed E-state index contributed by atoms with van der Waals surface area (Å²) >= 11 is 1.59. The van der Waals surface area contributed by atoms with Crippen LogP contribution in [-0.2, 0) is 17.8 Å². The molecule has 1 aromatic carbocycles. The summed E-state index contributed by atoms with van der Waals surface area (Å²) in [6.07, 6.45) is 2.09. The molecule has 0 fully saturated rings. The van der Waals surface area contributed by atoms with E-state index in [4.69, 9.17) is 10.5 Å². The number of anilines is 1. The largest absolute Gasteiger partial charge is 0.389 e. The zero-order chi connectivity index (χ0) is 13.0. The van der Waals surface area contributed by atoms with Crippen molar-refractivity contribution in [3.63, 3.8) is 0 Å². The Morgan fingerprint density at radius 1 is 1.28 bits per heavy atom. The first-order valence-corrected chi connectivity index (χ1v) is 6.89. The van der Waals surface area contributed by atoms with Gasteiger partial charge in [0.25, 0.3) is 0 Å². The van der Waals surface area contributed by atoms with Crippen LogP contribution in [0.2, 0.25) is 0 Å². The van der Waals surface area contributed by atoms with Gasteiger partial charge in [-0.2, -0.15) is 0 Å². The Labute approximate surface area is 112 Å². The lowest BCUT2D eigenvalue weighted by Crippen LogP contribution is -1.89. The predicted octanol–water partition coefficient (Wildman–Crippen LogP) is 3.49. The van der Waals surface area contributed by atoms with Crippen LogP contribution in [0.5, 0.6) is 0 Å². The van der Waals surface area contributed by atoms with E-state index in [1.165, 1.54) is 0 Å². The first-order valence-electron chi connectivity index (χ1n) is 6.08. The fourth-order valence-electron chi connectivity index (χ4n) is 1.83. The van der Waals surface area contributed by atoms with Gasteiger partial charge in [-0.3, -0.25) is 0 Å². The Kier molecular flexibility index (Phi) is 4.33. The maximum absolute atomic E-state index is 6.03. The van der Waals surface area contributed by atoms with Crippen LogP contribution in [0.1, 0.15) is 23.9 Å². The molecular formula is C14H18N2OS. The summed E-state index contributed by atoms with van der Waals surface area (Å²) in [6.45, 7) is 2.78. The molecule has 0 bridgehead atoms. The van der Waals surface area contributed by atoms with Crippen molar-refractivity contribution in [2.75, 3.05) is 12.8 Å². The van der Waals surface area contributed by atoms with E-state index in [1.807, 2.05) is 0 Å². The zero-order valence-electron chi connectivity index (χ0n) is 10.8. The minimum Gasteiger partial charge on any atom is -0.389 e. The lowest BCUT2D eigenvalue weighted by molar-refractivity contribution is 0.185. The number of methoxy groups -OCH3 is 1. The van der Waals surface area contributed by atoms with Gasteiger partial charge in [0, 0.05) is 12.7 Å². The summed E-state index contributed by atoms with van der Waals surface area (Å²) in [7, 11) is 1.70. The summed E-state index contributed by atoms with van der Waals surface area (Å²) in [4.78, 5) is 4.61. The fraction of sp³-hybridized carbons (Fsp3) is 0.357. The standard InChI is InChI=1S/C14H18N2OS/c1-3-4-12-16-13(14(15)18-12)11-7-5-10(6-8-11)9-17-2/h5-8H,3-4,9,15H2,1-2H3. The fourth-order valence-corrected chi connectivity index (χ4v) is 2.79. The Bertz CT molecular complexity index is 505. The lowest BCUT2D eigenvalue weighted by Gasteiger charge is -2.02. The number of hydrogen-bond acceptors (Lipinski definition) is 4. The van der Waals surface area contributed by atoms with Gasteiger partial charge in [-0.1, -0.05) is 31.2 Å². The third kappa shape index (κ3) is 2.89. The second-order valence-corrected chi connectivity index (χ2v) is 5.32. The molecule has 1 heterocycles. The molecule has 0 saturated carbocycles. The average Bonchev–Trinajstić information content (AvgIpc) is 2.72. The van der Waals surface area contributed by atoms with Crippen LogP contribution < -0.4 is 5.73 Å². The van der Waals surface area contributed by atoms with Crippen LogP contribution in [0.3, 0.4) is 0 Å². The van der Waals surface area contributed by atoms with E-state index in [0.29, 0.717) is 6.61 Å². The zero-order valence-corrected chi connectivity index (χ0v) is 11.6. The molecule has 4 heteroatoms. The molecule has 2 aromatic rings. The van der Waals surface area contributed by atoms with Crippen LogP contribution in [0, 0.1) is 0 Å². The van der Waals surface area contributed by atoms with Crippen molar-refractivity contribution in [3.8, 4) is 11.3 Å². The van der Waals surface area contributed by atoms with Gasteiger partial charge in [0.1, 0.15) is 10.7 Å². The Morgan fingerprint density at radius 2 is 2.00 bits per heavy atom. The van der Waals surface area contributed by atoms with E-state index in [0.717, 1.165) is 39.7 Å². The number of rotatable bonds is 5. The molecular weight excluding hydrogens is 244 g/mol. The molecule has 18 heavy (non-hydrogen) atoms. The van der Waals surface area contributed by atoms with Crippen molar-refractivity contribution in [1.82, 2.24) is 4.98 Å². The monoisotopic (exact) mass is 262 g/mol. The molecule has 0 aliphatic carbocycles. The number of thiazole rings is 1. The SMILES string of the molecule is CCCc1nc(-c2ccc(COC)cc2)c(N)s1. The molecule has 0 saturated heterocycles. The van der Waals surface area contributed by atoms with Gasteiger partial charge in [0.05, 0.1) is 11.6 Å². The number of aryl methyl sites for hydroxylation is 1. The highest BCUT2D eigenvalue weighted by atomic mass is 32.1. The van der Waals surface area contributed by atoms with E-state index in [2.05, 4.69) is 36.2 Å². The van der Waals surface area contributed by atoms with Crippen molar-refractivity contribution in [2.45, 2.75) is 26.4 Å². The summed E-state index contributed by atoms with van der Waals surface area (Å²) in [5.74, 6) is 0. The Morgan fingerprint density at radius 3 is 2.61 bits per heavy atom. The quantitative estimate of drug-likeness (QED) is 0.897. The van der Waals surface area contributed by atoms with Gasteiger partial charge < -0.3 is 10.5 Å². The maximum atomic E-state index is 6.03. The lowest BCUT2D eigenvalue weighted by atomic mass is 10.1. The van der Waals surface area contributed by atoms with E-state index in [1.54, 1.807) is 18.4 Å². The number of nitrogens with two attached hydrogens (primary N) is 1. The van der Waals surface area contributed by atoms with E-state index < -0.39 is 0 Å². The number of nitrogen functional groups attached to an aromatic ring is 1. The maximum Gasteiger partial charge on any atom is 0.114 e. The highest BCUT2D eigenvalue weighted by Gasteiger charge is 2.09. The van der Waals surface area contributed by atoms with Crippen molar-refractivity contribution in [2.24, 2.45) is 0 Å². The summed E-state index contributed by atoms with van der Waals surface area (Å²) in [6, 6.07) is 8.21. The minimum atomic E-state index is 0.633. The van der Waals surface area contributed by atoms with Crippen LogP contribution in [-0.4, -0.2) is 12.1 Å². The Balaban J connectivity index is 2.24. The van der Waals surface area contributed by atoms with Crippen LogP contribution in [0.4, 0.5) is 5.00 Å². The van der Waals surface area contributed by atoms with E-state index in [9.17, 15) is 0 Å². The van der Waals surface area contributed by atoms with Crippen molar-refractivity contribution in [1.29, 1.82) is 0 Å². The molecule has 1 aromatic heterocycles. The van der Waals surface area contributed by atoms with Crippen LogP contribution in [0.25, 0.3) is 11.3 Å². The molecule has 0 atom stereocenters. The van der Waals surface area contributed by atoms with Gasteiger partial charge >= 0.3 is 0 Å². The third-order valence-electron chi connectivity index (χ3n) is 2.70. The van der Waals surface area contributed by atoms with Gasteiger partial charge in [-0.05, 0) is 18.4 Å². The molecule has 0 unspecified atom stereocenters. The molecule has 2 rings (SSSR count). The third-order valence-corrected chi connectivity index (χ3v) is 3.64. The summed E-state index contributed by atoms with van der Waals surface area (Å²) in [5, 5.41) is 1.92. The van der Waals surface area contributed by atoms with Gasteiger partial charge in [-0.15, -0.1) is 11.3 Å². The predicted molar refractivity (Wildman–Crippen MR) is 76.7 cm³/mol. The van der Waals surface area contributed by atoms with Crippen molar-refractivity contribution < 1.29 is 4.74 Å². The van der Waals surface area contributed by atoms with Crippen molar-refractivity contribution >= 4 is 16.3 Å². The molecule has 3 nitrogen and oxygen atoms in total. The molecule has 0 amide bonds. The number of nitrogens with zero attached hydrogens (tertiary/aromatic N) is 1. The Hall–Kier alpha value is -1.39. The number of aromatic nitrogens is 1. The highest BCUT2D eigenvalue weighted by Crippen LogP contribution is 2.31. The van der Waals surface area contributed by atoms with E-state index >= 15 is 0 Å². The van der Waals surface area contributed by atoms with Crippen LogP contribution >= 0.6 is 11.3 Å². The topological polar surface area (TPSA) is 48.1 Å². The first kappa shape index (κ1) is 13.1. The van der Waals surface area contributed by atoms with Gasteiger partial charge in [-0.25, -0.2) is 4.98 Å². The number of ether oxygens (including phenoxy) is 1. The molecule has 0 aliphatic rings. The highest BCUT2D eigenvalue weighted by molar-refractivity contribution is 7.16. The van der Waals surface area contributed by atoms with Gasteiger partial charge in [0.2, 0.25) is 0 Å². The second kappa shape index (κ2) is 5.98. The second-order valence-electron chi connectivity index (χ2n) is 4.20. The molecule has 96 valence electrons. The van der Waals surface area contributed by atoms with Crippen molar-refractivity contribution in [3.05, 3.63) is 34.8 Å². The number of benzene rings is 1. The normalized spacial score (nSPS) is 10.8. The summed E-state index contributed by atoms with van der Waals surface area (Å²) in [5.41, 5.74) is 9.17. The van der Waals surface area contributed by atoms with E-state index in [-0.39, 0.29) is 0 Å².